The van der Waals surface area contributed by atoms with Crippen LogP contribution in [0.4, 0.5) is 0 Å². The molecule has 0 saturated heterocycles. The molecule has 0 fully saturated rings. The first-order chi connectivity index (χ1) is 6.12. The van der Waals surface area contributed by atoms with Crippen molar-refractivity contribution in [3.63, 3.8) is 0 Å². The van der Waals surface area contributed by atoms with Gasteiger partial charge in [0, 0.05) is 0 Å². The van der Waals surface area contributed by atoms with Crippen molar-refractivity contribution in [2.24, 2.45) is 0 Å². The van der Waals surface area contributed by atoms with Crippen molar-refractivity contribution in [1.29, 1.82) is 0 Å². The van der Waals surface area contributed by atoms with Crippen LogP contribution in [0.2, 0.25) is 0 Å². The summed E-state index contributed by atoms with van der Waals surface area (Å²) >= 11 is 0. The Morgan fingerprint density at radius 3 is 2.31 bits per heavy atom. The second kappa shape index (κ2) is 3.79. The molecule has 0 aliphatic carbocycles. The van der Waals surface area contributed by atoms with Gasteiger partial charge in [0.05, 0.1) is 5.60 Å². The second-order valence-electron chi connectivity index (χ2n) is 3.29. The van der Waals surface area contributed by atoms with Gasteiger partial charge < -0.3 is 10.2 Å². The molecule has 2 nitrogen and oxygen atoms in total. The summed E-state index contributed by atoms with van der Waals surface area (Å²) in [5.41, 5.74) is -0.00356. The van der Waals surface area contributed by atoms with Gasteiger partial charge >= 0.3 is 0 Å². The van der Waals surface area contributed by atoms with Crippen LogP contribution in [0, 0.1) is 0 Å². The lowest BCUT2D eigenvalue weighted by Crippen LogP contribution is -2.23. The number of phenolic OH excluding ortho intramolecular Hbond substituents is 1. The van der Waals surface area contributed by atoms with Crippen molar-refractivity contribution in [3.05, 3.63) is 29.8 Å². The first-order valence-corrected chi connectivity index (χ1v) is 4.64. The van der Waals surface area contributed by atoms with Crippen LogP contribution < -0.4 is 0 Å². The van der Waals surface area contributed by atoms with E-state index in [0.717, 1.165) is 5.56 Å². The third-order valence-corrected chi connectivity index (χ3v) is 2.55. The quantitative estimate of drug-likeness (QED) is 0.749. The largest absolute Gasteiger partial charge is 0.508 e. The fourth-order valence-corrected chi connectivity index (χ4v) is 1.45. The lowest BCUT2D eigenvalue weighted by molar-refractivity contribution is 0.0282. The van der Waals surface area contributed by atoms with Crippen molar-refractivity contribution in [3.8, 4) is 5.75 Å². The number of benzene rings is 1. The Hall–Kier alpha value is -1.02. The van der Waals surface area contributed by atoms with E-state index in [0.29, 0.717) is 12.8 Å². The minimum atomic E-state index is -0.793. The van der Waals surface area contributed by atoms with Crippen LogP contribution in [0.3, 0.4) is 0 Å². The Bertz CT molecular complexity index is 277. The van der Waals surface area contributed by atoms with Crippen molar-refractivity contribution < 1.29 is 10.2 Å². The number of aliphatic hydroxyl groups is 1. The average molecular weight is 180 g/mol. The highest BCUT2D eigenvalue weighted by atomic mass is 16.3. The van der Waals surface area contributed by atoms with E-state index >= 15 is 0 Å². The van der Waals surface area contributed by atoms with Crippen LogP contribution in [0.15, 0.2) is 24.3 Å². The van der Waals surface area contributed by atoms with Crippen LogP contribution in [0.5, 0.6) is 5.75 Å². The third kappa shape index (κ3) is 2.01. The average Bonchev–Trinajstić information content (AvgIpc) is 2.17. The van der Waals surface area contributed by atoms with Gasteiger partial charge in [0.1, 0.15) is 5.75 Å². The van der Waals surface area contributed by atoms with Gasteiger partial charge in [0.15, 0.2) is 0 Å². The maximum atomic E-state index is 10.1. The molecule has 0 aliphatic rings. The minimum absolute atomic E-state index is 0.206. The molecule has 0 unspecified atom stereocenters. The zero-order valence-corrected chi connectivity index (χ0v) is 8.12. The molecule has 0 saturated carbocycles. The van der Waals surface area contributed by atoms with Crippen LogP contribution >= 0.6 is 0 Å². The fraction of sp³-hybridized carbons (Fsp3) is 0.455. The summed E-state index contributed by atoms with van der Waals surface area (Å²) in [4.78, 5) is 0. The molecule has 0 spiro atoms. The summed E-state index contributed by atoms with van der Waals surface area (Å²) in [6.07, 6.45) is 1.32. The van der Waals surface area contributed by atoms with Gasteiger partial charge in [-0.1, -0.05) is 26.0 Å². The SMILES string of the molecule is CCC(O)(CC)c1cccc(O)c1. The van der Waals surface area contributed by atoms with E-state index in [-0.39, 0.29) is 5.75 Å². The number of hydrogen-bond donors (Lipinski definition) is 2. The molecule has 0 heterocycles. The second-order valence-corrected chi connectivity index (χ2v) is 3.29. The zero-order chi connectivity index (χ0) is 9.90. The summed E-state index contributed by atoms with van der Waals surface area (Å²) < 4.78 is 0. The molecule has 72 valence electrons. The van der Waals surface area contributed by atoms with Crippen LogP contribution in [-0.2, 0) is 5.60 Å². The van der Waals surface area contributed by atoms with Crippen molar-refractivity contribution in [2.45, 2.75) is 32.3 Å². The maximum Gasteiger partial charge on any atom is 0.115 e. The molecular weight excluding hydrogens is 164 g/mol. The zero-order valence-electron chi connectivity index (χ0n) is 8.12. The number of phenols is 1. The Morgan fingerprint density at radius 2 is 1.85 bits per heavy atom. The van der Waals surface area contributed by atoms with Gasteiger partial charge in [-0.2, -0.15) is 0 Å². The van der Waals surface area contributed by atoms with Gasteiger partial charge in [0.25, 0.3) is 0 Å². The first-order valence-electron chi connectivity index (χ1n) is 4.64. The van der Waals surface area contributed by atoms with E-state index in [4.69, 9.17) is 0 Å². The first kappa shape index (κ1) is 10.1. The molecule has 0 aliphatic heterocycles. The topological polar surface area (TPSA) is 40.5 Å². The van der Waals surface area contributed by atoms with Crippen molar-refractivity contribution in [1.82, 2.24) is 0 Å². The molecule has 1 aromatic carbocycles. The Kier molecular flexibility index (Phi) is 2.94. The fourth-order valence-electron chi connectivity index (χ4n) is 1.45. The molecule has 0 bridgehead atoms. The Balaban J connectivity index is 3.05. The molecule has 2 heteroatoms. The summed E-state index contributed by atoms with van der Waals surface area (Å²) in [6, 6.07) is 6.82. The van der Waals surface area contributed by atoms with Gasteiger partial charge in [0.2, 0.25) is 0 Å². The summed E-state index contributed by atoms with van der Waals surface area (Å²) in [7, 11) is 0. The minimum Gasteiger partial charge on any atom is -0.508 e. The monoisotopic (exact) mass is 180 g/mol. The highest BCUT2D eigenvalue weighted by Crippen LogP contribution is 2.29. The predicted octanol–water partition coefficient (Wildman–Crippen LogP) is 2.40. The van der Waals surface area contributed by atoms with E-state index < -0.39 is 5.60 Å². The smallest absolute Gasteiger partial charge is 0.115 e. The molecule has 0 radical (unpaired) electrons. The summed E-state index contributed by atoms with van der Waals surface area (Å²) in [5.74, 6) is 0.206. The molecule has 1 aromatic rings. The van der Waals surface area contributed by atoms with Gasteiger partial charge in [-0.3, -0.25) is 0 Å². The summed E-state index contributed by atoms with van der Waals surface area (Å²) in [6.45, 7) is 3.88. The van der Waals surface area contributed by atoms with E-state index in [1.165, 1.54) is 0 Å². The number of hydrogen-bond acceptors (Lipinski definition) is 2. The lowest BCUT2D eigenvalue weighted by atomic mass is 9.89. The Morgan fingerprint density at radius 1 is 1.23 bits per heavy atom. The highest BCUT2D eigenvalue weighted by Gasteiger charge is 2.24. The third-order valence-electron chi connectivity index (χ3n) is 2.55. The predicted molar refractivity (Wildman–Crippen MR) is 52.6 cm³/mol. The van der Waals surface area contributed by atoms with Gasteiger partial charge in [-0.05, 0) is 30.5 Å². The van der Waals surface area contributed by atoms with E-state index in [1.807, 2.05) is 19.9 Å². The van der Waals surface area contributed by atoms with Gasteiger partial charge in [-0.15, -0.1) is 0 Å². The standard InChI is InChI=1S/C11H16O2/c1-3-11(13,4-2)9-6-5-7-10(12)8-9/h5-8,12-13H,3-4H2,1-2H3. The molecule has 0 amide bonds. The van der Waals surface area contributed by atoms with E-state index in [9.17, 15) is 10.2 Å². The lowest BCUT2D eigenvalue weighted by Gasteiger charge is -2.25. The maximum absolute atomic E-state index is 10.1. The van der Waals surface area contributed by atoms with Crippen LogP contribution in [0.1, 0.15) is 32.3 Å². The highest BCUT2D eigenvalue weighted by molar-refractivity contribution is 5.31. The van der Waals surface area contributed by atoms with Crippen LogP contribution in [-0.4, -0.2) is 10.2 Å². The van der Waals surface area contributed by atoms with Gasteiger partial charge in [-0.25, -0.2) is 0 Å². The van der Waals surface area contributed by atoms with E-state index in [1.54, 1.807) is 18.2 Å². The van der Waals surface area contributed by atoms with Crippen LogP contribution in [0.25, 0.3) is 0 Å². The molecular formula is C11H16O2. The molecule has 2 N–H and O–H groups in total. The number of rotatable bonds is 3. The summed E-state index contributed by atoms with van der Waals surface area (Å²) in [5, 5.41) is 19.4. The normalized spacial score (nSPS) is 11.6. The molecule has 13 heavy (non-hydrogen) atoms. The van der Waals surface area contributed by atoms with Crippen molar-refractivity contribution >= 4 is 0 Å². The van der Waals surface area contributed by atoms with E-state index in [2.05, 4.69) is 0 Å². The number of aromatic hydroxyl groups is 1. The Labute approximate surface area is 78.8 Å². The molecule has 1 rings (SSSR count). The molecule has 0 atom stereocenters. The van der Waals surface area contributed by atoms with Crippen molar-refractivity contribution in [2.75, 3.05) is 0 Å². The molecule has 0 aromatic heterocycles.